The zero-order valence-corrected chi connectivity index (χ0v) is 7.87. The van der Waals surface area contributed by atoms with Gasteiger partial charge in [-0.05, 0) is 18.9 Å². The molecule has 0 saturated carbocycles. The summed E-state index contributed by atoms with van der Waals surface area (Å²) in [6, 6.07) is 3.88. The van der Waals surface area contributed by atoms with Crippen LogP contribution in [0.3, 0.4) is 0 Å². The monoisotopic (exact) mass is 165 g/mol. The van der Waals surface area contributed by atoms with Crippen LogP contribution in [0.25, 0.3) is 0 Å². The molecule has 0 unspecified atom stereocenters. The average Bonchev–Trinajstić information content (AvgIpc) is 2.05. The number of aromatic nitrogens is 1. The fourth-order valence-electron chi connectivity index (χ4n) is 1.00. The molecule has 1 rings (SSSR count). The summed E-state index contributed by atoms with van der Waals surface area (Å²) in [6.45, 7) is 6.94. The maximum atomic E-state index is 5.36. The van der Waals surface area contributed by atoms with Gasteiger partial charge in [0.1, 0.15) is 5.75 Å². The van der Waals surface area contributed by atoms with Gasteiger partial charge in [0.15, 0.2) is 0 Å². The van der Waals surface area contributed by atoms with E-state index in [1.54, 1.807) is 6.20 Å². The summed E-state index contributed by atoms with van der Waals surface area (Å²) >= 11 is 0. The number of ether oxygens (including phenoxy) is 1. The van der Waals surface area contributed by atoms with Gasteiger partial charge in [-0.1, -0.05) is 13.8 Å². The van der Waals surface area contributed by atoms with Crippen LogP contribution in [-0.2, 0) is 0 Å². The maximum absolute atomic E-state index is 5.36. The van der Waals surface area contributed by atoms with Gasteiger partial charge in [0.25, 0.3) is 0 Å². The molecule has 0 amide bonds. The standard InChI is InChI=1S/C10H15NO/c1-4-12-9-5-6-11-10(7-9)8(2)3/h5-8H,4H2,1-3H3. The van der Waals surface area contributed by atoms with Crippen LogP contribution in [0, 0.1) is 0 Å². The third-order valence-electron chi connectivity index (χ3n) is 1.66. The Morgan fingerprint density at radius 1 is 1.50 bits per heavy atom. The molecule has 0 N–H and O–H groups in total. The lowest BCUT2D eigenvalue weighted by molar-refractivity contribution is 0.339. The number of pyridine rings is 1. The Hall–Kier alpha value is -1.05. The molecule has 2 nitrogen and oxygen atoms in total. The van der Waals surface area contributed by atoms with Crippen molar-refractivity contribution in [2.24, 2.45) is 0 Å². The predicted molar refractivity (Wildman–Crippen MR) is 49.5 cm³/mol. The highest BCUT2D eigenvalue weighted by atomic mass is 16.5. The second-order valence-electron chi connectivity index (χ2n) is 3.00. The van der Waals surface area contributed by atoms with E-state index in [0.29, 0.717) is 12.5 Å². The first-order valence-corrected chi connectivity index (χ1v) is 4.32. The number of hydrogen-bond acceptors (Lipinski definition) is 2. The smallest absolute Gasteiger partial charge is 0.122 e. The van der Waals surface area contributed by atoms with Gasteiger partial charge < -0.3 is 4.74 Å². The van der Waals surface area contributed by atoms with E-state index in [9.17, 15) is 0 Å². The lowest BCUT2D eigenvalue weighted by Gasteiger charge is -2.06. The van der Waals surface area contributed by atoms with Crippen LogP contribution in [-0.4, -0.2) is 11.6 Å². The van der Waals surface area contributed by atoms with Crippen LogP contribution in [0.2, 0.25) is 0 Å². The van der Waals surface area contributed by atoms with Gasteiger partial charge in [-0.3, -0.25) is 4.98 Å². The molecule has 0 fully saturated rings. The Bertz CT molecular complexity index is 245. The highest BCUT2D eigenvalue weighted by molar-refractivity contribution is 5.24. The number of hydrogen-bond donors (Lipinski definition) is 0. The second kappa shape index (κ2) is 4.10. The molecule has 0 atom stereocenters. The van der Waals surface area contributed by atoms with E-state index >= 15 is 0 Å². The first kappa shape index (κ1) is 9.04. The third kappa shape index (κ3) is 2.22. The molecule has 0 aliphatic heterocycles. The molecule has 0 aromatic carbocycles. The summed E-state index contributed by atoms with van der Waals surface area (Å²) in [4.78, 5) is 4.24. The van der Waals surface area contributed by atoms with Crippen molar-refractivity contribution in [3.05, 3.63) is 24.0 Å². The van der Waals surface area contributed by atoms with Crippen molar-refractivity contribution < 1.29 is 4.74 Å². The van der Waals surface area contributed by atoms with Crippen LogP contribution in [0.4, 0.5) is 0 Å². The fraction of sp³-hybridized carbons (Fsp3) is 0.500. The van der Waals surface area contributed by atoms with Gasteiger partial charge in [-0.2, -0.15) is 0 Å². The van der Waals surface area contributed by atoms with Gasteiger partial charge in [0.2, 0.25) is 0 Å². The summed E-state index contributed by atoms with van der Waals surface area (Å²) in [5.74, 6) is 1.38. The molecule has 66 valence electrons. The van der Waals surface area contributed by atoms with Gasteiger partial charge in [0, 0.05) is 18.0 Å². The average molecular weight is 165 g/mol. The van der Waals surface area contributed by atoms with Gasteiger partial charge in [0.05, 0.1) is 6.61 Å². The van der Waals surface area contributed by atoms with Gasteiger partial charge in [-0.15, -0.1) is 0 Å². The Kier molecular flexibility index (Phi) is 3.09. The normalized spacial score (nSPS) is 10.3. The molecule has 1 aromatic rings. The fourth-order valence-corrected chi connectivity index (χ4v) is 1.00. The van der Waals surface area contributed by atoms with Crippen molar-refractivity contribution in [1.29, 1.82) is 0 Å². The lowest BCUT2D eigenvalue weighted by atomic mass is 10.1. The molecule has 12 heavy (non-hydrogen) atoms. The molecule has 0 saturated heterocycles. The van der Waals surface area contributed by atoms with Crippen molar-refractivity contribution in [2.45, 2.75) is 26.7 Å². The van der Waals surface area contributed by atoms with Crippen LogP contribution in [0.5, 0.6) is 5.75 Å². The summed E-state index contributed by atoms with van der Waals surface area (Å²) in [7, 11) is 0. The minimum Gasteiger partial charge on any atom is -0.494 e. The van der Waals surface area contributed by atoms with E-state index in [4.69, 9.17) is 4.74 Å². The van der Waals surface area contributed by atoms with Crippen LogP contribution < -0.4 is 4.74 Å². The SMILES string of the molecule is CCOc1ccnc(C(C)C)c1. The quantitative estimate of drug-likeness (QED) is 0.686. The Balaban J connectivity index is 2.81. The molecule has 0 bridgehead atoms. The van der Waals surface area contributed by atoms with Crippen molar-refractivity contribution in [3.63, 3.8) is 0 Å². The topological polar surface area (TPSA) is 22.1 Å². The van der Waals surface area contributed by atoms with Crippen molar-refractivity contribution in [3.8, 4) is 5.75 Å². The Morgan fingerprint density at radius 2 is 2.25 bits per heavy atom. The van der Waals surface area contributed by atoms with Crippen LogP contribution in [0.15, 0.2) is 18.3 Å². The third-order valence-corrected chi connectivity index (χ3v) is 1.66. The highest BCUT2D eigenvalue weighted by Gasteiger charge is 2.01. The van der Waals surface area contributed by atoms with Gasteiger partial charge in [-0.25, -0.2) is 0 Å². The summed E-state index contributed by atoms with van der Waals surface area (Å²) in [5.41, 5.74) is 1.08. The summed E-state index contributed by atoms with van der Waals surface area (Å²) < 4.78 is 5.36. The summed E-state index contributed by atoms with van der Waals surface area (Å²) in [6.07, 6.45) is 1.79. The molecular formula is C10H15NO. The zero-order valence-electron chi connectivity index (χ0n) is 7.87. The van der Waals surface area contributed by atoms with Crippen LogP contribution in [0.1, 0.15) is 32.4 Å². The molecule has 0 aliphatic rings. The molecule has 0 spiro atoms. The Labute approximate surface area is 73.6 Å². The van der Waals surface area contributed by atoms with Crippen LogP contribution >= 0.6 is 0 Å². The number of nitrogens with zero attached hydrogens (tertiary/aromatic N) is 1. The van der Waals surface area contributed by atoms with E-state index in [1.165, 1.54) is 0 Å². The first-order valence-electron chi connectivity index (χ1n) is 4.32. The number of rotatable bonds is 3. The zero-order chi connectivity index (χ0) is 8.97. The van der Waals surface area contributed by atoms with Gasteiger partial charge >= 0.3 is 0 Å². The lowest BCUT2D eigenvalue weighted by Crippen LogP contribution is -1.95. The minimum atomic E-state index is 0.463. The molecule has 1 aromatic heterocycles. The largest absolute Gasteiger partial charge is 0.494 e. The molecule has 1 heterocycles. The second-order valence-corrected chi connectivity index (χ2v) is 3.00. The van der Waals surface area contributed by atoms with E-state index in [-0.39, 0.29) is 0 Å². The van der Waals surface area contributed by atoms with E-state index in [0.717, 1.165) is 11.4 Å². The molecule has 0 aliphatic carbocycles. The molecular weight excluding hydrogens is 150 g/mol. The summed E-state index contributed by atoms with van der Waals surface area (Å²) in [5, 5.41) is 0. The highest BCUT2D eigenvalue weighted by Crippen LogP contribution is 2.17. The van der Waals surface area contributed by atoms with Crippen molar-refractivity contribution in [2.75, 3.05) is 6.61 Å². The van der Waals surface area contributed by atoms with E-state index in [1.807, 2.05) is 19.1 Å². The van der Waals surface area contributed by atoms with Crippen molar-refractivity contribution in [1.82, 2.24) is 4.98 Å². The first-order chi connectivity index (χ1) is 5.74. The van der Waals surface area contributed by atoms with E-state index in [2.05, 4.69) is 18.8 Å². The van der Waals surface area contributed by atoms with Crippen molar-refractivity contribution >= 4 is 0 Å². The Morgan fingerprint density at radius 3 is 2.83 bits per heavy atom. The predicted octanol–water partition coefficient (Wildman–Crippen LogP) is 2.60. The molecule has 0 radical (unpaired) electrons. The maximum Gasteiger partial charge on any atom is 0.122 e. The minimum absolute atomic E-state index is 0.463. The molecule has 2 heteroatoms. The van der Waals surface area contributed by atoms with E-state index < -0.39 is 0 Å².